The van der Waals surface area contributed by atoms with Crippen molar-refractivity contribution in [1.82, 2.24) is 14.5 Å². The molecule has 0 amide bonds. The van der Waals surface area contributed by atoms with Crippen LogP contribution in [-0.2, 0) is 0 Å². The fourth-order valence-electron chi connectivity index (χ4n) is 2.02. The molecule has 1 aliphatic rings. The van der Waals surface area contributed by atoms with Crippen LogP contribution < -0.4 is 5.73 Å². The summed E-state index contributed by atoms with van der Waals surface area (Å²) in [5.41, 5.74) is 8.13. The number of rotatable bonds is 3. The number of aliphatic hydroxyl groups is 1. The molecule has 2 atom stereocenters. The molecule has 0 spiro atoms. The third kappa shape index (κ3) is 1.81. The normalized spacial score (nSPS) is 19.5. The molecule has 90 valence electrons. The number of hydrogen-bond donors (Lipinski definition) is 2. The van der Waals surface area contributed by atoms with Gasteiger partial charge in [0.2, 0.25) is 0 Å². The maximum Gasteiger partial charge on any atom is 0.160 e. The van der Waals surface area contributed by atoms with Gasteiger partial charge in [-0.05, 0) is 25.8 Å². The first-order valence-corrected chi connectivity index (χ1v) is 5.93. The van der Waals surface area contributed by atoms with Gasteiger partial charge in [-0.3, -0.25) is 0 Å². The monoisotopic (exact) mass is 232 g/mol. The Kier molecular flexibility index (Phi) is 2.38. The van der Waals surface area contributed by atoms with Crippen LogP contribution in [-0.4, -0.2) is 25.7 Å². The fraction of sp³-hybridized carbons (Fsp3) is 0.500. The van der Waals surface area contributed by atoms with Crippen molar-refractivity contribution in [3.63, 3.8) is 0 Å². The van der Waals surface area contributed by atoms with Gasteiger partial charge in [0.05, 0.1) is 12.4 Å². The zero-order valence-corrected chi connectivity index (χ0v) is 9.74. The summed E-state index contributed by atoms with van der Waals surface area (Å²) in [7, 11) is 0. The minimum absolute atomic E-state index is 0.306. The predicted octanol–water partition coefficient (Wildman–Crippen LogP) is 1.15. The van der Waals surface area contributed by atoms with E-state index in [4.69, 9.17) is 5.73 Å². The average Bonchev–Trinajstić information content (AvgIpc) is 3.07. The Morgan fingerprint density at radius 2 is 2.24 bits per heavy atom. The molecule has 1 saturated carbocycles. The molecule has 0 saturated heterocycles. The third-order valence-electron chi connectivity index (χ3n) is 3.21. The molecule has 0 aliphatic heterocycles. The molecule has 2 aromatic rings. The van der Waals surface area contributed by atoms with Crippen LogP contribution in [0.1, 0.15) is 37.5 Å². The first kappa shape index (κ1) is 10.7. The zero-order valence-electron chi connectivity index (χ0n) is 9.74. The minimum atomic E-state index is -0.682. The molecule has 3 rings (SSSR count). The van der Waals surface area contributed by atoms with Gasteiger partial charge in [-0.25, -0.2) is 9.97 Å². The first-order valence-electron chi connectivity index (χ1n) is 5.93. The summed E-state index contributed by atoms with van der Waals surface area (Å²) >= 11 is 0. The number of aromatic nitrogens is 3. The zero-order chi connectivity index (χ0) is 12.0. The van der Waals surface area contributed by atoms with Crippen molar-refractivity contribution in [3.8, 4) is 0 Å². The van der Waals surface area contributed by atoms with E-state index in [1.54, 1.807) is 13.1 Å². The Hall–Kier alpha value is -1.46. The highest BCUT2D eigenvalue weighted by Gasteiger charge is 2.25. The van der Waals surface area contributed by atoms with Crippen molar-refractivity contribution in [3.05, 3.63) is 24.2 Å². The highest BCUT2D eigenvalue weighted by atomic mass is 16.3. The van der Waals surface area contributed by atoms with Gasteiger partial charge in [-0.1, -0.05) is 0 Å². The lowest BCUT2D eigenvalue weighted by Gasteiger charge is -2.14. The summed E-state index contributed by atoms with van der Waals surface area (Å²) in [6.07, 6.45) is 5.25. The van der Waals surface area contributed by atoms with Crippen molar-refractivity contribution in [2.45, 2.75) is 38.0 Å². The largest absolute Gasteiger partial charge is 0.387 e. The number of nitrogens with zero attached hydrogens (tertiary/aromatic N) is 3. The van der Waals surface area contributed by atoms with Gasteiger partial charge in [-0.15, -0.1) is 0 Å². The molecule has 2 aromatic heterocycles. The van der Waals surface area contributed by atoms with Crippen molar-refractivity contribution in [1.29, 1.82) is 0 Å². The van der Waals surface area contributed by atoms with Crippen molar-refractivity contribution >= 4 is 11.2 Å². The molecule has 5 nitrogen and oxygen atoms in total. The quantitative estimate of drug-likeness (QED) is 0.832. The van der Waals surface area contributed by atoms with E-state index in [1.807, 2.05) is 12.4 Å². The van der Waals surface area contributed by atoms with Crippen LogP contribution in [0.3, 0.4) is 0 Å². The molecular formula is C12H16N4O. The maximum absolute atomic E-state index is 9.89. The number of fused-ring (bicyclic) bond motifs is 1. The highest BCUT2D eigenvalue weighted by Crippen LogP contribution is 2.36. The van der Waals surface area contributed by atoms with Gasteiger partial charge >= 0.3 is 0 Å². The van der Waals surface area contributed by atoms with E-state index in [0.717, 1.165) is 16.7 Å². The van der Waals surface area contributed by atoms with Crippen LogP contribution in [0, 0.1) is 0 Å². The van der Waals surface area contributed by atoms with E-state index in [-0.39, 0.29) is 6.04 Å². The minimum Gasteiger partial charge on any atom is -0.387 e. The molecule has 5 heteroatoms. The van der Waals surface area contributed by atoms with Gasteiger partial charge in [0, 0.05) is 23.8 Å². The second-order valence-corrected chi connectivity index (χ2v) is 4.80. The van der Waals surface area contributed by atoms with Crippen LogP contribution in [0.4, 0.5) is 0 Å². The number of hydrogen-bond acceptors (Lipinski definition) is 4. The summed E-state index contributed by atoms with van der Waals surface area (Å²) in [5, 5.41) is 9.89. The number of aliphatic hydroxyl groups excluding tert-OH is 1. The van der Waals surface area contributed by atoms with Crippen LogP contribution in [0.5, 0.6) is 0 Å². The predicted molar refractivity (Wildman–Crippen MR) is 64.4 cm³/mol. The molecule has 3 N–H and O–H groups in total. The van der Waals surface area contributed by atoms with Crippen LogP contribution in [0.2, 0.25) is 0 Å². The van der Waals surface area contributed by atoms with Gasteiger partial charge < -0.3 is 15.4 Å². The molecule has 2 heterocycles. The summed E-state index contributed by atoms with van der Waals surface area (Å²) < 4.78 is 2.11. The van der Waals surface area contributed by atoms with Crippen molar-refractivity contribution < 1.29 is 5.11 Å². The van der Waals surface area contributed by atoms with E-state index in [0.29, 0.717) is 6.04 Å². The number of imidazole rings is 1. The van der Waals surface area contributed by atoms with Gasteiger partial charge in [0.25, 0.3) is 0 Å². The smallest absolute Gasteiger partial charge is 0.160 e. The molecule has 0 aromatic carbocycles. The van der Waals surface area contributed by atoms with E-state index in [9.17, 15) is 5.11 Å². The Bertz CT molecular complexity index is 544. The Balaban J connectivity index is 2.02. The number of nitrogens with two attached hydrogens (primary N) is 1. The van der Waals surface area contributed by atoms with Crippen LogP contribution in [0.25, 0.3) is 11.2 Å². The fourth-order valence-corrected chi connectivity index (χ4v) is 2.02. The van der Waals surface area contributed by atoms with E-state index in [1.165, 1.54) is 12.8 Å². The van der Waals surface area contributed by atoms with Gasteiger partial charge in [0.1, 0.15) is 5.52 Å². The molecule has 0 radical (unpaired) electrons. The van der Waals surface area contributed by atoms with Crippen LogP contribution in [0.15, 0.2) is 18.6 Å². The molecule has 0 bridgehead atoms. The van der Waals surface area contributed by atoms with Crippen LogP contribution >= 0.6 is 0 Å². The first-order chi connectivity index (χ1) is 8.16. The molecular weight excluding hydrogens is 216 g/mol. The SMILES string of the molecule is CC(N)C(O)c1cnc2c(c1)ncn2C1CC1. The van der Waals surface area contributed by atoms with Gasteiger partial charge in [-0.2, -0.15) is 0 Å². The number of pyridine rings is 1. The maximum atomic E-state index is 9.89. The van der Waals surface area contributed by atoms with Crippen molar-refractivity contribution in [2.75, 3.05) is 0 Å². The van der Waals surface area contributed by atoms with Gasteiger partial charge in [0.15, 0.2) is 5.65 Å². The summed E-state index contributed by atoms with van der Waals surface area (Å²) in [4.78, 5) is 8.72. The molecule has 1 aliphatic carbocycles. The standard InChI is InChI=1S/C12H16N4O/c1-7(13)11(17)8-4-10-12(14-5-8)16(6-15-10)9-2-3-9/h4-7,9,11,17H,2-3,13H2,1H3. The topological polar surface area (TPSA) is 77.0 Å². The molecule has 1 fully saturated rings. The summed E-state index contributed by atoms with van der Waals surface area (Å²) in [6.45, 7) is 1.78. The van der Waals surface area contributed by atoms with E-state index in [2.05, 4.69) is 14.5 Å². The van der Waals surface area contributed by atoms with Crippen molar-refractivity contribution in [2.24, 2.45) is 5.73 Å². The van der Waals surface area contributed by atoms with E-state index >= 15 is 0 Å². The average molecular weight is 232 g/mol. The molecule has 17 heavy (non-hydrogen) atoms. The second-order valence-electron chi connectivity index (χ2n) is 4.80. The summed E-state index contributed by atoms with van der Waals surface area (Å²) in [5.74, 6) is 0. The Morgan fingerprint density at radius 1 is 1.47 bits per heavy atom. The lowest BCUT2D eigenvalue weighted by Crippen LogP contribution is -2.24. The second kappa shape index (κ2) is 3.78. The Labute approximate surface area is 99.3 Å². The highest BCUT2D eigenvalue weighted by molar-refractivity contribution is 5.71. The van der Waals surface area contributed by atoms with E-state index < -0.39 is 6.10 Å². The third-order valence-corrected chi connectivity index (χ3v) is 3.21. The lowest BCUT2D eigenvalue weighted by atomic mass is 10.1. The Morgan fingerprint density at radius 3 is 2.88 bits per heavy atom. The lowest BCUT2D eigenvalue weighted by molar-refractivity contribution is 0.153. The molecule has 2 unspecified atom stereocenters. The summed E-state index contributed by atoms with van der Waals surface area (Å²) in [6, 6.07) is 2.13.